The average Bonchev–Trinajstić information content (AvgIpc) is 3.46. The number of pyridine rings is 1. The number of imidazole rings is 1. The van der Waals surface area contributed by atoms with Crippen molar-refractivity contribution in [1.82, 2.24) is 14.5 Å². The van der Waals surface area contributed by atoms with Crippen LogP contribution in [-0.2, 0) is 6.61 Å². The molecule has 0 spiro atoms. The normalized spacial score (nSPS) is 13.2. The lowest BCUT2D eigenvalue weighted by molar-refractivity contribution is 0.297. The average molecular weight is 459 g/mol. The van der Waals surface area contributed by atoms with E-state index in [-0.39, 0.29) is 13.2 Å². The Labute approximate surface area is 198 Å². The highest BCUT2D eigenvalue weighted by Gasteiger charge is 2.24. The lowest BCUT2D eigenvalue weighted by Gasteiger charge is -2.14. The Balaban J connectivity index is 1.68. The van der Waals surface area contributed by atoms with Crippen molar-refractivity contribution in [3.05, 3.63) is 65.2 Å². The Bertz CT molecular complexity index is 1230. The molecule has 0 unspecified atom stereocenters. The van der Waals surface area contributed by atoms with Crippen LogP contribution in [-0.4, -0.2) is 31.5 Å². The van der Waals surface area contributed by atoms with Crippen LogP contribution in [0.1, 0.15) is 48.2 Å². The molecule has 2 aromatic heterocycles. The summed E-state index contributed by atoms with van der Waals surface area (Å²) in [5.41, 5.74) is 9.78. The SMILES string of the molecule is Cc1cc(OCc2c(C#CN)nc(SC3CCCC3)n2-c2cccnc2)ccc1C#CCO. The molecule has 2 heterocycles. The molecular formula is C26H26N4O2S. The zero-order valence-electron chi connectivity index (χ0n) is 18.5. The van der Waals surface area contributed by atoms with Gasteiger partial charge in [-0.25, -0.2) is 4.98 Å². The molecule has 1 aliphatic rings. The summed E-state index contributed by atoms with van der Waals surface area (Å²) >= 11 is 1.79. The summed E-state index contributed by atoms with van der Waals surface area (Å²) in [5.74, 6) is 9.30. The largest absolute Gasteiger partial charge is 0.487 e. The van der Waals surface area contributed by atoms with E-state index in [0.717, 1.165) is 33.4 Å². The van der Waals surface area contributed by atoms with Crippen LogP contribution in [0.3, 0.4) is 0 Å². The number of nitrogens with two attached hydrogens (primary N) is 1. The van der Waals surface area contributed by atoms with E-state index in [9.17, 15) is 0 Å². The van der Waals surface area contributed by atoms with Gasteiger partial charge < -0.3 is 15.6 Å². The van der Waals surface area contributed by atoms with Gasteiger partial charge in [-0.15, -0.1) is 0 Å². The summed E-state index contributed by atoms with van der Waals surface area (Å²) in [4.78, 5) is 9.14. The zero-order valence-corrected chi connectivity index (χ0v) is 19.4. The van der Waals surface area contributed by atoms with E-state index in [4.69, 9.17) is 20.6 Å². The molecular weight excluding hydrogens is 432 g/mol. The summed E-state index contributed by atoms with van der Waals surface area (Å²) < 4.78 is 8.26. The predicted molar refractivity (Wildman–Crippen MR) is 130 cm³/mol. The van der Waals surface area contributed by atoms with Gasteiger partial charge in [0.25, 0.3) is 0 Å². The Kier molecular flexibility index (Phi) is 7.57. The fourth-order valence-corrected chi connectivity index (χ4v) is 5.20. The highest BCUT2D eigenvalue weighted by molar-refractivity contribution is 7.99. The molecule has 1 aromatic carbocycles. The Morgan fingerprint density at radius 2 is 2.09 bits per heavy atom. The first-order chi connectivity index (χ1) is 16.2. The molecule has 7 heteroatoms. The van der Waals surface area contributed by atoms with E-state index in [1.807, 2.05) is 43.5 Å². The molecule has 168 valence electrons. The number of rotatable bonds is 6. The maximum atomic E-state index is 8.93. The maximum absolute atomic E-state index is 8.93. The molecule has 3 aromatic rings. The highest BCUT2D eigenvalue weighted by Crippen LogP contribution is 2.36. The maximum Gasteiger partial charge on any atom is 0.174 e. The molecule has 0 aliphatic heterocycles. The topological polar surface area (TPSA) is 86.2 Å². The molecule has 0 amide bonds. The first kappa shape index (κ1) is 22.8. The number of aromatic nitrogens is 3. The molecule has 1 aliphatic carbocycles. The van der Waals surface area contributed by atoms with E-state index in [2.05, 4.69) is 33.4 Å². The molecule has 0 bridgehead atoms. The third-order valence-electron chi connectivity index (χ3n) is 5.49. The minimum Gasteiger partial charge on any atom is -0.487 e. The van der Waals surface area contributed by atoms with E-state index in [1.54, 1.807) is 18.0 Å². The van der Waals surface area contributed by atoms with Gasteiger partial charge in [-0.2, -0.15) is 0 Å². The number of hydrogen-bond donors (Lipinski definition) is 2. The quantitative estimate of drug-likeness (QED) is 0.432. The first-order valence-electron chi connectivity index (χ1n) is 10.9. The van der Waals surface area contributed by atoms with Gasteiger partial charge in [0.05, 0.1) is 17.6 Å². The number of thioether (sulfide) groups is 1. The van der Waals surface area contributed by atoms with Gasteiger partial charge >= 0.3 is 0 Å². The second-order valence-corrected chi connectivity index (χ2v) is 9.02. The van der Waals surface area contributed by atoms with E-state index < -0.39 is 0 Å². The number of aliphatic hydroxyl groups is 1. The van der Waals surface area contributed by atoms with Crippen molar-refractivity contribution in [2.24, 2.45) is 5.73 Å². The monoisotopic (exact) mass is 458 g/mol. The Hall–Kier alpha value is -3.39. The number of aliphatic hydroxyl groups excluding tert-OH is 1. The van der Waals surface area contributed by atoms with E-state index in [1.165, 1.54) is 25.7 Å². The summed E-state index contributed by atoms with van der Waals surface area (Å²) in [6.45, 7) is 2.08. The lowest BCUT2D eigenvalue weighted by Crippen LogP contribution is -2.08. The highest BCUT2D eigenvalue weighted by atomic mass is 32.2. The third kappa shape index (κ3) is 5.51. The van der Waals surface area contributed by atoms with Crippen molar-refractivity contribution >= 4 is 11.8 Å². The molecule has 0 saturated heterocycles. The van der Waals surface area contributed by atoms with Crippen LogP contribution in [0.25, 0.3) is 5.69 Å². The molecule has 1 saturated carbocycles. The minimum atomic E-state index is -0.165. The molecule has 0 atom stereocenters. The van der Waals surface area contributed by atoms with Crippen molar-refractivity contribution in [1.29, 1.82) is 0 Å². The number of hydrogen-bond acceptors (Lipinski definition) is 6. The zero-order chi connectivity index (χ0) is 23.0. The van der Waals surface area contributed by atoms with Gasteiger partial charge in [-0.1, -0.05) is 36.4 Å². The van der Waals surface area contributed by atoms with Crippen molar-refractivity contribution < 1.29 is 9.84 Å². The fourth-order valence-electron chi connectivity index (χ4n) is 3.87. The van der Waals surface area contributed by atoms with Crippen LogP contribution < -0.4 is 10.5 Å². The van der Waals surface area contributed by atoms with Crippen LogP contribution in [0, 0.1) is 30.7 Å². The summed E-state index contributed by atoms with van der Waals surface area (Å²) in [7, 11) is 0. The number of nitrogens with zero attached hydrogens (tertiary/aromatic N) is 3. The van der Waals surface area contributed by atoms with E-state index in [0.29, 0.717) is 10.9 Å². The molecule has 0 radical (unpaired) electrons. The van der Waals surface area contributed by atoms with Crippen molar-refractivity contribution in [3.63, 3.8) is 0 Å². The van der Waals surface area contributed by atoms with E-state index >= 15 is 0 Å². The van der Waals surface area contributed by atoms with Crippen LogP contribution in [0.15, 0.2) is 47.9 Å². The van der Waals surface area contributed by atoms with Gasteiger partial charge in [0.2, 0.25) is 0 Å². The van der Waals surface area contributed by atoms with Crippen LogP contribution >= 0.6 is 11.8 Å². The van der Waals surface area contributed by atoms with Crippen molar-refractivity contribution in [2.45, 2.75) is 49.6 Å². The first-order valence-corrected chi connectivity index (χ1v) is 11.8. The summed E-state index contributed by atoms with van der Waals surface area (Å²) in [5, 5.41) is 10.4. The molecule has 3 N–H and O–H groups in total. The van der Waals surface area contributed by atoms with Gasteiger partial charge in [0, 0.05) is 23.1 Å². The third-order valence-corrected chi connectivity index (χ3v) is 6.78. The molecule has 33 heavy (non-hydrogen) atoms. The van der Waals surface area contributed by atoms with Gasteiger partial charge in [-0.05, 0) is 61.6 Å². The van der Waals surface area contributed by atoms with Gasteiger partial charge in [0.15, 0.2) is 5.16 Å². The Morgan fingerprint density at radius 1 is 1.24 bits per heavy atom. The number of benzene rings is 1. The summed E-state index contributed by atoms with van der Waals surface area (Å²) in [6, 6.07) is 12.1. The minimum absolute atomic E-state index is 0.165. The molecule has 1 fully saturated rings. The standard InChI is InChI=1S/C26H26N4O2S/c1-19-16-22(11-10-20(19)6-5-15-31)32-18-25-24(12-13-27)29-26(33-23-8-2-3-9-23)30(25)21-7-4-14-28-17-21/h4,7,10-11,14,16-17,23,31H,2-3,8-9,15,18,27H2,1H3. The van der Waals surface area contributed by atoms with Crippen molar-refractivity contribution in [2.75, 3.05) is 6.61 Å². The molecule has 4 rings (SSSR count). The summed E-state index contributed by atoms with van der Waals surface area (Å²) in [6.07, 6.45) is 8.48. The van der Waals surface area contributed by atoms with Crippen LogP contribution in [0.5, 0.6) is 5.75 Å². The number of ether oxygens (including phenoxy) is 1. The van der Waals surface area contributed by atoms with Gasteiger partial charge in [0.1, 0.15) is 24.7 Å². The fraction of sp³-hybridized carbons (Fsp3) is 0.308. The number of aryl methyl sites for hydroxylation is 1. The Morgan fingerprint density at radius 3 is 2.79 bits per heavy atom. The van der Waals surface area contributed by atoms with Crippen LogP contribution in [0.2, 0.25) is 0 Å². The van der Waals surface area contributed by atoms with Gasteiger partial charge in [-0.3, -0.25) is 9.55 Å². The van der Waals surface area contributed by atoms with Crippen LogP contribution in [0.4, 0.5) is 0 Å². The predicted octanol–water partition coefficient (Wildman–Crippen LogP) is 3.80. The van der Waals surface area contributed by atoms with Crippen molar-refractivity contribution in [3.8, 4) is 35.2 Å². The molecule has 6 nitrogen and oxygen atoms in total. The lowest BCUT2D eigenvalue weighted by atomic mass is 10.1. The second-order valence-electron chi connectivity index (χ2n) is 7.76. The second kappa shape index (κ2) is 11.0. The smallest absolute Gasteiger partial charge is 0.174 e.